The molecular weight excluding hydrogens is 360 g/mol. The lowest BCUT2D eigenvalue weighted by Crippen LogP contribution is -2.29. The van der Waals surface area contributed by atoms with Gasteiger partial charge >= 0.3 is 0 Å². The van der Waals surface area contributed by atoms with Crippen LogP contribution in [0.15, 0.2) is 53.5 Å². The average molecular weight is 380 g/mol. The summed E-state index contributed by atoms with van der Waals surface area (Å²) < 4.78 is 11.6. The van der Waals surface area contributed by atoms with Crippen molar-refractivity contribution in [2.75, 3.05) is 19.5 Å². The Bertz CT molecular complexity index is 1060. The first-order valence-electron chi connectivity index (χ1n) is 8.54. The number of rotatable bonds is 6. The number of methoxy groups -OCH3 is 2. The van der Waals surface area contributed by atoms with E-state index in [9.17, 15) is 9.59 Å². The normalized spacial score (nSPS) is 10.4. The van der Waals surface area contributed by atoms with Crippen molar-refractivity contribution in [2.24, 2.45) is 0 Å². The van der Waals surface area contributed by atoms with Gasteiger partial charge in [-0.3, -0.25) is 9.59 Å². The van der Waals surface area contributed by atoms with E-state index in [1.807, 2.05) is 13.0 Å². The quantitative estimate of drug-likeness (QED) is 0.705. The highest BCUT2D eigenvalue weighted by Gasteiger charge is 2.12. The summed E-state index contributed by atoms with van der Waals surface area (Å²) in [4.78, 5) is 28.6. The highest BCUT2D eigenvalue weighted by molar-refractivity contribution is 5.90. The minimum Gasteiger partial charge on any atom is -0.493 e. The highest BCUT2D eigenvalue weighted by atomic mass is 16.5. The molecule has 0 atom stereocenters. The number of pyridine rings is 1. The maximum atomic E-state index is 12.3. The van der Waals surface area contributed by atoms with Crippen LogP contribution in [0.25, 0.3) is 11.3 Å². The zero-order valence-electron chi connectivity index (χ0n) is 15.8. The van der Waals surface area contributed by atoms with Crippen LogP contribution in [0.3, 0.4) is 0 Å². The monoisotopic (exact) mass is 380 g/mol. The standard InChI is InChI=1S/C20H20N4O4/c1-13-5-4-10-21-20(13)22-18(25)12-24-19(26)9-7-15(23-24)14-6-8-16(27-2)17(11-14)28-3/h4-11H,12H2,1-3H3,(H,21,22,25). The molecular formula is C20H20N4O4. The van der Waals surface area contributed by atoms with Crippen molar-refractivity contribution < 1.29 is 14.3 Å². The average Bonchev–Trinajstić information content (AvgIpc) is 2.71. The zero-order chi connectivity index (χ0) is 20.1. The molecule has 1 amide bonds. The number of aromatic nitrogens is 3. The van der Waals surface area contributed by atoms with E-state index in [4.69, 9.17) is 9.47 Å². The Hall–Kier alpha value is -3.68. The van der Waals surface area contributed by atoms with E-state index in [0.29, 0.717) is 23.0 Å². The number of nitrogens with one attached hydrogen (secondary N) is 1. The number of amides is 1. The van der Waals surface area contributed by atoms with Gasteiger partial charge in [0.05, 0.1) is 19.9 Å². The van der Waals surface area contributed by atoms with Gasteiger partial charge in [-0.05, 0) is 42.8 Å². The lowest BCUT2D eigenvalue weighted by atomic mass is 10.1. The van der Waals surface area contributed by atoms with Crippen LogP contribution in [-0.4, -0.2) is 34.9 Å². The first-order chi connectivity index (χ1) is 13.5. The van der Waals surface area contributed by atoms with E-state index in [-0.39, 0.29) is 18.0 Å². The van der Waals surface area contributed by atoms with Crippen LogP contribution in [0, 0.1) is 6.92 Å². The topological polar surface area (TPSA) is 95.3 Å². The summed E-state index contributed by atoms with van der Waals surface area (Å²) in [5.74, 6) is 1.20. The summed E-state index contributed by atoms with van der Waals surface area (Å²) in [5.41, 5.74) is 1.71. The molecule has 0 radical (unpaired) electrons. The van der Waals surface area contributed by atoms with E-state index in [1.165, 1.54) is 6.07 Å². The summed E-state index contributed by atoms with van der Waals surface area (Å²) in [6.45, 7) is 1.61. The van der Waals surface area contributed by atoms with Crippen LogP contribution in [0.4, 0.5) is 5.82 Å². The van der Waals surface area contributed by atoms with E-state index < -0.39 is 0 Å². The predicted octanol–water partition coefficient (Wildman–Crippen LogP) is 2.27. The van der Waals surface area contributed by atoms with E-state index in [0.717, 1.165) is 15.8 Å². The molecule has 28 heavy (non-hydrogen) atoms. The van der Waals surface area contributed by atoms with Gasteiger partial charge in [-0.25, -0.2) is 9.67 Å². The van der Waals surface area contributed by atoms with Gasteiger partial charge in [0, 0.05) is 17.8 Å². The smallest absolute Gasteiger partial charge is 0.267 e. The SMILES string of the molecule is COc1ccc(-c2ccc(=O)n(CC(=O)Nc3ncccc3C)n2)cc1OC. The molecule has 0 aliphatic carbocycles. The molecule has 2 heterocycles. The molecule has 0 saturated carbocycles. The van der Waals surface area contributed by atoms with E-state index >= 15 is 0 Å². The Morgan fingerprint density at radius 1 is 1.11 bits per heavy atom. The molecule has 8 nitrogen and oxygen atoms in total. The fourth-order valence-corrected chi connectivity index (χ4v) is 2.64. The van der Waals surface area contributed by atoms with Crippen molar-refractivity contribution in [3.8, 4) is 22.8 Å². The Labute approximate surface area is 161 Å². The van der Waals surface area contributed by atoms with Gasteiger partial charge in [0.15, 0.2) is 11.5 Å². The fourth-order valence-electron chi connectivity index (χ4n) is 2.64. The summed E-state index contributed by atoms with van der Waals surface area (Å²) >= 11 is 0. The number of carbonyl (C=O) groups is 1. The molecule has 0 aliphatic rings. The molecule has 0 spiro atoms. The van der Waals surface area contributed by atoms with Gasteiger partial charge in [-0.15, -0.1) is 0 Å². The number of hydrogen-bond acceptors (Lipinski definition) is 6. The maximum Gasteiger partial charge on any atom is 0.267 e. The van der Waals surface area contributed by atoms with Crippen LogP contribution in [0.2, 0.25) is 0 Å². The lowest BCUT2D eigenvalue weighted by molar-refractivity contribution is -0.117. The molecule has 0 aliphatic heterocycles. The molecule has 3 aromatic rings. The second kappa shape index (κ2) is 8.34. The van der Waals surface area contributed by atoms with Crippen molar-refractivity contribution in [1.82, 2.24) is 14.8 Å². The molecule has 3 rings (SSSR count). The number of nitrogens with zero attached hydrogens (tertiary/aromatic N) is 3. The van der Waals surface area contributed by atoms with E-state index in [2.05, 4.69) is 15.4 Å². The Kier molecular flexibility index (Phi) is 5.69. The first kappa shape index (κ1) is 19.1. The van der Waals surface area contributed by atoms with Gasteiger partial charge < -0.3 is 14.8 Å². The molecule has 0 saturated heterocycles. The number of carbonyl (C=O) groups excluding carboxylic acids is 1. The molecule has 0 unspecified atom stereocenters. The highest BCUT2D eigenvalue weighted by Crippen LogP contribution is 2.31. The number of hydrogen-bond donors (Lipinski definition) is 1. The third kappa shape index (κ3) is 4.17. The minimum atomic E-state index is -0.388. The third-order valence-corrected chi connectivity index (χ3v) is 4.11. The predicted molar refractivity (Wildman–Crippen MR) is 105 cm³/mol. The second-order valence-corrected chi connectivity index (χ2v) is 6.00. The zero-order valence-corrected chi connectivity index (χ0v) is 15.8. The summed E-state index contributed by atoms with van der Waals surface area (Å²) in [7, 11) is 3.10. The first-order valence-corrected chi connectivity index (χ1v) is 8.54. The summed E-state index contributed by atoms with van der Waals surface area (Å²) in [6, 6.07) is 11.9. The van der Waals surface area contributed by atoms with Crippen LogP contribution in [0.1, 0.15) is 5.56 Å². The second-order valence-electron chi connectivity index (χ2n) is 6.00. The van der Waals surface area contributed by atoms with Crippen molar-refractivity contribution >= 4 is 11.7 Å². The van der Waals surface area contributed by atoms with Gasteiger partial charge in [0.2, 0.25) is 5.91 Å². The number of ether oxygens (including phenoxy) is 2. The molecule has 2 aromatic heterocycles. The number of aryl methyl sites for hydroxylation is 1. The van der Waals surface area contributed by atoms with Crippen molar-refractivity contribution in [2.45, 2.75) is 13.5 Å². The van der Waals surface area contributed by atoms with Crippen LogP contribution in [0.5, 0.6) is 11.5 Å². The molecule has 1 aromatic carbocycles. The maximum absolute atomic E-state index is 12.3. The summed E-state index contributed by atoms with van der Waals surface area (Å²) in [5, 5.41) is 7.00. The Balaban J connectivity index is 1.85. The van der Waals surface area contributed by atoms with Crippen LogP contribution < -0.4 is 20.3 Å². The minimum absolute atomic E-state index is 0.226. The van der Waals surface area contributed by atoms with Crippen LogP contribution >= 0.6 is 0 Å². The van der Waals surface area contributed by atoms with Crippen molar-refractivity contribution in [3.63, 3.8) is 0 Å². The molecule has 8 heteroatoms. The van der Waals surface area contributed by atoms with Gasteiger partial charge in [0.25, 0.3) is 5.56 Å². The third-order valence-electron chi connectivity index (χ3n) is 4.11. The summed E-state index contributed by atoms with van der Waals surface area (Å²) in [6.07, 6.45) is 1.59. The Morgan fingerprint density at radius 3 is 2.61 bits per heavy atom. The lowest BCUT2D eigenvalue weighted by Gasteiger charge is -2.11. The van der Waals surface area contributed by atoms with Crippen molar-refractivity contribution in [3.05, 3.63) is 64.6 Å². The number of benzene rings is 1. The molecule has 0 fully saturated rings. The van der Waals surface area contributed by atoms with Gasteiger partial charge in [-0.1, -0.05) is 6.07 Å². The van der Waals surface area contributed by atoms with Crippen molar-refractivity contribution in [1.29, 1.82) is 0 Å². The fraction of sp³-hybridized carbons (Fsp3) is 0.200. The number of anilines is 1. The van der Waals surface area contributed by atoms with Gasteiger partial charge in [-0.2, -0.15) is 5.10 Å². The molecule has 0 bridgehead atoms. The van der Waals surface area contributed by atoms with Gasteiger partial charge in [0.1, 0.15) is 12.4 Å². The molecule has 144 valence electrons. The van der Waals surface area contributed by atoms with Crippen LogP contribution in [-0.2, 0) is 11.3 Å². The largest absolute Gasteiger partial charge is 0.493 e. The molecule has 1 N–H and O–H groups in total. The Morgan fingerprint density at radius 2 is 1.89 bits per heavy atom. The van der Waals surface area contributed by atoms with E-state index in [1.54, 1.807) is 50.7 Å².